The number of fused-ring (bicyclic) bond motifs is 1. The van der Waals surface area contributed by atoms with E-state index in [1.807, 2.05) is 13.1 Å². The number of anilines is 2. The van der Waals surface area contributed by atoms with Gasteiger partial charge in [0.25, 0.3) is 5.91 Å². The highest BCUT2D eigenvalue weighted by molar-refractivity contribution is 5.92. The van der Waals surface area contributed by atoms with Crippen LogP contribution in [0.2, 0.25) is 0 Å². The van der Waals surface area contributed by atoms with Gasteiger partial charge in [0.15, 0.2) is 17.3 Å². The third-order valence-corrected chi connectivity index (χ3v) is 5.73. The number of nitrogens with zero attached hydrogens (tertiary/aromatic N) is 4. The molecule has 4 rings (SSSR count). The highest BCUT2D eigenvalue weighted by Crippen LogP contribution is 2.34. The average Bonchev–Trinajstić information content (AvgIpc) is 3.33. The van der Waals surface area contributed by atoms with E-state index < -0.39 is 0 Å². The third-order valence-electron chi connectivity index (χ3n) is 5.73. The normalized spacial score (nSPS) is 14.6. The van der Waals surface area contributed by atoms with E-state index in [4.69, 9.17) is 24.6 Å². The highest BCUT2D eigenvalue weighted by Gasteiger charge is 2.25. The molecule has 0 radical (unpaired) electrons. The van der Waals surface area contributed by atoms with Crippen LogP contribution < -0.4 is 20.1 Å². The molecule has 3 aromatic rings. The molecule has 1 amide bonds. The van der Waals surface area contributed by atoms with Crippen LogP contribution in [0.25, 0.3) is 10.9 Å². The van der Waals surface area contributed by atoms with Crippen LogP contribution >= 0.6 is 0 Å². The molecule has 9 nitrogen and oxygen atoms in total. The van der Waals surface area contributed by atoms with Crippen LogP contribution in [0.1, 0.15) is 23.4 Å². The molecular weight excluding hydrogens is 398 g/mol. The second-order valence-electron chi connectivity index (χ2n) is 7.73. The number of furan rings is 1. The number of hydrogen-bond donors (Lipinski definition) is 1. The molecule has 0 spiro atoms. The molecule has 0 atom stereocenters. The molecule has 0 saturated carbocycles. The molecule has 1 aromatic carbocycles. The Morgan fingerprint density at radius 2 is 1.94 bits per heavy atom. The third kappa shape index (κ3) is 4.21. The fourth-order valence-electron chi connectivity index (χ4n) is 3.98. The highest BCUT2D eigenvalue weighted by atomic mass is 16.5. The predicted molar refractivity (Wildman–Crippen MR) is 118 cm³/mol. The van der Waals surface area contributed by atoms with Crippen LogP contribution in [0.5, 0.6) is 11.5 Å². The van der Waals surface area contributed by atoms with Crippen molar-refractivity contribution < 1.29 is 18.7 Å². The summed E-state index contributed by atoms with van der Waals surface area (Å²) in [5.74, 6) is 2.88. The Morgan fingerprint density at radius 1 is 1.23 bits per heavy atom. The largest absolute Gasteiger partial charge is 0.493 e. The number of rotatable bonds is 6. The predicted octanol–water partition coefficient (Wildman–Crippen LogP) is 2.81. The summed E-state index contributed by atoms with van der Waals surface area (Å²) in [6.07, 6.45) is 3.38. The fourth-order valence-corrected chi connectivity index (χ4v) is 3.98. The number of amides is 1. The molecule has 1 fully saturated rings. The Labute approximate surface area is 180 Å². The van der Waals surface area contributed by atoms with E-state index in [-0.39, 0.29) is 5.91 Å². The summed E-state index contributed by atoms with van der Waals surface area (Å²) in [7, 11) is 4.98. The number of carbonyl (C=O) groups is 1. The minimum Gasteiger partial charge on any atom is -0.493 e. The zero-order chi connectivity index (χ0) is 22.0. The lowest BCUT2D eigenvalue weighted by Crippen LogP contribution is -2.40. The molecule has 0 unspecified atom stereocenters. The van der Waals surface area contributed by atoms with Gasteiger partial charge in [-0.2, -0.15) is 4.98 Å². The summed E-state index contributed by atoms with van der Waals surface area (Å²) in [4.78, 5) is 25.5. The number of ether oxygens (including phenoxy) is 2. The SMILES string of the molecule is COc1cc2nc(N3CCC(CN(C)C(=O)c4ccco4)CC3)nc(N)c2cc1OC. The van der Waals surface area contributed by atoms with E-state index in [0.29, 0.717) is 47.0 Å². The van der Waals surface area contributed by atoms with Gasteiger partial charge in [0.2, 0.25) is 5.95 Å². The van der Waals surface area contributed by atoms with Crippen LogP contribution in [0.3, 0.4) is 0 Å². The number of piperidine rings is 1. The molecule has 0 bridgehead atoms. The van der Waals surface area contributed by atoms with E-state index in [9.17, 15) is 4.79 Å². The van der Waals surface area contributed by atoms with Crippen molar-refractivity contribution >= 4 is 28.6 Å². The summed E-state index contributed by atoms with van der Waals surface area (Å²) >= 11 is 0. The first kappa shape index (κ1) is 20.8. The monoisotopic (exact) mass is 425 g/mol. The van der Waals surface area contributed by atoms with Gasteiger partial charge in [0, 0.05) is 38.1 Å². The average molecular weight is 425 g/mol. The van der Waals surface area contributed by atoms with Crippen LogP contribution in [-0.2, 0) is 0 Å². The molecule has 164 valence electrons. The van der Waals surface area contributed by atoms with E-state index >= 15 is 0 Å². The van der Waals surface area contributed by atoms with Gasteiger partial charge in [-0.1, -0.05) is 0 Å². The van der Waals surface area contributed by atoms with Gasteiger partial charge in [-0.05, 0) is 37.0 Å². The summed E-state index contributed by atoms with van der Waals surface area (Å²) in [6, 6.07) is 7.02. The Bertz CT molecular complexity index is 1060. The van der Waals surface area contributed by atoms with Gasteiger partial charge in [0.05, 0.1) is 26.0 Å². The summed E-state index contributed by atoms with van der Waals surface area (Å²) < 4.78 is 16.0. The van der Waals surface area contributed by atoms with Gasteiger partial charge in [-0.3, -0.25) is 4.79 Å². The van der Waals surface area contributed by atoms with Crippen LogP contribution in [0.4, 0.5) is 11.8 Å². The summed E-state index contributed by atoms with van der Waals surface area (Å²) in [5.41, 5.74) is 6.94. The Hall–Kier alpha value is -3.49. The number of benzene rings is 1. The molecule has 2 N–H and O–H groups in total. The van der Waals surface area contributed by atoms with Crippen LogP contribution in [-0.4, -0.2) is 61.7 Å². The van der Waals surface area contributed by atoms with Crippen molar-refractivity contribution in [2.75, 3.05) is 51.5 Å². The maximum absolute atomic E-state index is 12.4. The van der Waals surface area contributed by atoms with Gasteiger partial charge in [-0.15, -0.1) is 0 Å². The number of carbonyl (C=O) groups excluding carboxylic acids is 1. The first-order valence-electron chi connectivity index (χ1n) is 10.2. The molecule has 2 aromatic heterocycles. The maximum atomic E-state index is 12.4. The molecule has 1 aliphatic rings. The van der Waals surface area contributed by atoms with Crippen LogP contribution in [0.15, 0.2) is 34.9 Å². The zero-order valence-corrected chi connectivity index (χ0v) is 18.0. The van der Waals surface area contributed by atoms with Gasteiger partial charge in [0.1, 0.15) is 5.82 Å². The lowest BCUT2D eigenvalue weighted by molar-refractivity contribution is 0.0733. The van der Waals surface area contributed by atoms with Crippen molar-refractivity contribution in [3.63, 3.8) is 0 Å². The van der Waals surface area contributed by atoms with Crippen molar-refractivity contribution in [1.29, 1.82) is 0 Å². The first-order valence-corrected chi connectivity index (χ1v) is 10.2. The second kappa shape index (κ2) is 8.71. The van der Waals surface area contributed by atoms with Gasteiger partial charge in [-0.25, -0.2) is 4.98 Å². The first-order chi connectivity index (χ1) is 15.0. The van der Waals surface area contributed by atoms with Crippen LogP contribution in [0, 0.1) is 5.92 Å². The number of nitrogens with two attached hydrogens (primary N) is 1. The van der Waals surface area contributed by atoms with Gasteiger partial charge < -0.3 is 29.4 Å². The van der Waals surface area contributed by atoms with Crippen molar-refractivity contribution in [2.45, 2.75) is 12.8 Å². The molecule has 0 aliphatic carbocycles. The summed E-state index contributed by atoms with van der Waals surface area (Å²) in [6.45, 7) is 2.28. The van der Waals surface area contributed by atoms with Crippen molar-refractivity contribution in [3.05, 3.63) is 36.3 Å². The lowest BCUT2D eigenvalue weighted by Gasteiger charge is -2.34. The Balaban J connectivity index is 1.44. The lowest BCUT2D eigenvalue weighted by atomic mass is 9.96. The maximum Gasteiger partial charge on any atom is 0.289 e. The quantitative estimate of drug-likeness (QED) is 0.642. The van der Waals surface area contributed by atoms with Gasteiger partial charge >= 0.3 is 0 Å². The van der Waals surface area contributed by atoms with Crippen molar-refractivity contribution in [3.8, 4) is 11.5 Å². The van der Waals surface area contributed by atoms with E-state index in [1.54, 1.807) is 37.3 Å². The minimum atomic E-state index is -0.0950. The number of nitrogen functional groups attached to an aromatic ring is 1. The molecule has 3 heterocycles. The number of aromatic nitrogens is 2. The zero-order valence-electron chi connectivity index (χ0n) is 18.0. The fraction of sp³-hybridized carbons (Fsp3) is 0.409. The van der Waals surface area contributed by atoms with Crippen molar-refractivity contribution in [1.82, 2.24) is 14.9 Å². The van der Waals surface area contributed by atoms with E-state index in [2.05, 4.69) is 9.88 Å². The summed E-state index contributed by atoms with van der Waals surface area (Å²) in [5, 5.41) is 0.731. The smallest absolute Gasteiger partial charge is 0.289 e. The topological polar surface area (TPSA) is 107 Å². The number of hydrogen-bond acceptors (Lipinski definition) is 8. The molecular formula is C22H27N5O4. The Morgan fingerprint density at radius 3 is 2.58 bits per heavy atom. The number of methoxy groups -OCH3 is 2. The van der Waals surface area contributed by atoms with Crippen molar-refractivity contribution in [2.24, 2.45) is 5.92 Å². The Kier molecular flexibility index (Phi) is 5.83. The molecule has 9 heteroatoms. The second-order valence-corrected chi connectivity index (χ2v) is 7.73. The van der Waals surface area contributed by atoms with E-state index in [1.165, 1.54) is 6.26 Å². The minimum absolute atomic E-state index is 0.0950. The molecule has 1 aliphatic heterocycles. The van der Waals surface area contributed by atoms with E-state index in [0.717, 1.165) is 31.3 Å². The molecule has 1 saturated heterocycles. The standard InChI is InChI=1S/C22H27N5O4/c1-26(21(28)17-5-4-10-31-17)13-14-6-8-27(9-7-14)22-24-16-12-19(30-3)18(29-2)11-15(16)20(23)25-22/h4-5,10-12,14H,6-9,13H2,1-3H3,(H2,23,24,25). The molecule has 31 heavy (non-hydrogen) atoms.